The van der Waals surface area contributed by atoms with Crippen molar-refractivity contribution < 1.29 is 9.53 Å². The van der Waals surface area contributed by atoms with Crippen LogP contribution in [0.3, 0.4) is 0 Å². The molecule has 1 N–H and O–H groups in total. The quantitative estimate of drug-likeness (QED) is 0.738. The van der Waals surface area contributed by atoms with Gasteiger partial charge in [-0.05, 0) is 33.0 Å². The second kappa shape index (κ2) is 9.60. The number of carbonyl (C=O) groups excluding carboxylic acids is 1. The molecule has 1 aliphatic heterocycles. The number of rotatable bonds is 4. The van der Waals surface area contributed by atoms with Gasteiger partial charge in [0.05, 0.1) is 13.5 Å². The molecule has 16 heavy (non-hydrogen) atoms. The summed E-state index contributed by atoms with van der Waals surface area (Å²) in [5, 5.41) is 3.33. The van der Waals surface area contributed by atoms with Crippen LogP contribution in [0.25, 0.3) is 0 Å². The van der Waals surface area contributed by atoms with Crippen molar-refractivity contribution in [3.63, 3.8) is 0 Å². The topological polar surface area (TPSA) is 41.6 Å². The van der Waals surface area contributed by atoms with Crippen LogP contribution in [0.15, 0.2) is 0 Å². The Morgan fingerprint density at radius 3 is 2.44 bits per heavy atom. The Hall–Kier alpha value is -0.610. The first-order valence-electron chi connectivity index (χ1n) is 6.22. The van der Waals surface area contributed by atoms with Crippen LogP contribution in [0.2, 0.25) is 0 Å². The Balaban J connectivity index is 0.00000106. The molecule has 0 aromatic rings. The molecule has 1 fully saturated rings. The Morgan fingerprint density at radius 1 is 1.38 bits per heavy atom. The van der Waals surface area contributed by atoms with E-state index >= 15 is 0 Å². The highest BCUT2D eigenvalue weighted by molar-refractivity contribution is 5.69. The van der Waals surface area contributed by atoms with Crippen molar-refractivity contribution >= 4 is 5.97 Å². The second-order valence-corrected chi connectivity index (χ2v) is 3.79. The van der Waals surface area contributed by atoms with Crippen molar-refractivity contribution in [1.82, 2.24) is 10.2 Å². The number of piperidine rings is 1. The summed E-state index contributed by atoms with van der Waals surface area (Å²) >= 11 is 0. The van der Waals surface area contributed by atoms with Crippen LogP contribution in [0.4, 0.5) is 0 Å². The average Bonchev–Trinajstić information content (AvgIpc) is 2.38. The summed E-state index contributed by atoms with van der Waals surface area (Å²) < 4.78 is 4.61. The molecule has 4 nitrogen and oxygen atoms in total. The highest BCUT2D eigenvalue weighted by atomic mass is 16.5. The Morgan fingerprint density at radius 2 is 1.94 bits per heavy atom. The molecule has 0 spiro atoms. The van der Waals surface area contributed by atoms with Crippen LogP contribution in [0.1, 0.15) is 33.1 Å². The van der Waals surface area contributed by atoms with Crippen molar-refractivity contribution in [2.45, 2.75) is 39.2 Å². The van der Waals surface area contributed by atoms with Crippen LogP contribution in [-0.2, 0) is 9.53 Å². The van der Waals surface area contributed by atoms with Crippen molar-refractivity contribution in [2.75, 3.05) is 33.8 Å². The lowest BCUT2D eigenvalue weighted by atomic mass is 10.1. The molecule has 1 saturated heterocycles. The van der Waals surface area contributed by atoms with E-state index < -0.39 is 0 Å². The lowest BCUT2D eigenvalue weighted by Gasteiger charge is -2.31. The van der Waals surface area contributed by atoms with Gasteiger partial charge in [0.25, 0.3) is 0 Å². The number of ether oxygens (including phenoxy) is 1. The summed E-state index contributed by atoms with van der Waals surface area (Å²) in [5.41, 5.74) is 0. The summed E-state index contributed by atoms with van der Waals surface area (Å²) in [6.07, 6.45) is 2.85. The van der Waals surface area contributed by atoms with Gasteiger partial charge in [0.15, 0.2) is 0 Å². The number of esters is 1. The Bertz CT molecular complexity index is 180. The van der Waals surface area contributed by atoms with Crippen molar-refractivity contribution in [2.24, 2.45) is 0 Å². The van der Waals surface area contributed by atoms with Gasteiger partial charge in [0, 0.05) is 12.6 Å². The van der Waals surface area contributed by atoms with E-state index in [1.807, 2.05) is 13.8 Å². The number of carbonyl (C=O) groups is 1. The lowest BCUT2D eigenvalue weighted by Crippen LogP contribution is -2.41. The largest absolute Gasteiger partial charge is 0.469 e. The third-order valence-corrected chi connectivity index (χ3v) is 2.83. The Labute approximate surface area is 99.3 Å². The van der Waals surface area contributed by atoms with Gasteiger partial charge in [0.2, 0.25) is 0 Å². The van der Waals surface area contributed by atoms with E-state index in [9.17, 15) is 4.79 Å². The highest BCUT2D eigenvalue weighted by Gasteiger charge is 2.17. The van der Waals surface area contributed by atoms with Gasteiger partial charge in [-0.1, -0.05) is 13.8 Å². The first-order valence-corrected chi connectivity index (χ1v) is 6.22. The standard InChI is InChI=1S/C10H20N2O2.C2H6/c1-12(8-5-10(13)14-2)9-3-6-11-7-4-9;1-2/h9,11H,3-8H2,1-2H3;1-2H3. The number of hydrogen-bond donors (Lipinski definition) is 1. The van der Waals surface area contributed by atoms with Gasteiger partial charge >= 0.3 is 5.97 Å². The number of hydrogen-bond acceptors (Lipinski definition) is 4. The van der Waals surface area contributed by atoms with Crippen molar-refractivity contribution in [3.8, 4) is 0 Å². The fourth-order valence-electron chi connectivity index (χ4n) is 1.80. The molecule has 0 aromatic carbocycles. The fraction of sp³-hybridized carbons (Fsp3) is 0.917. The molecular formula is C12H26N2O2. The Kier molecular flexibility index (Phi) is 9.24. The molecule has 1 rings (SSSR count). The van der Waals surface area contributed by atoms with Crippen molar-refractivity contribution in [3.05, 3.63) is 0 Å². The van der Waals surface area contributed by atoms with Crippen LogP contribution >= 0.6 is 0 Å². The molecule has 4 heteroatoms. The van der Waals surface area contributed by atoms with Gasteiger partial charge < -0.3 is 15.0 Å². The highest BCUT2D eigenvalue weighted by Crippen LogP contribution is 2.09. The molecule has 1 heterocycles. The zero-order valence-electron chi connectivity index (χ0n) is 11.1. The molecule has 0 aromatic heterocycles. The number of methoxy groups -OCH3 is 1. The first kappa shape index (κ1) is 15.4. The predicted octanol–water partition coefficient (Wildman–Crippen LogP) is 1.26. The lowest BCUT2D eigenvalue weighted by molar-refractivity contribution is -0.141. The molecule has 96 valence electrons. The van der Waals surface area contributed by atoms with E-state index in [0.29, 0.717) is 12.5 Å². The minimum atomic E-state index is -0.120. The summed E-state index contributed by atoms with van der Waals surface area (Å²) in [7, 11) is 3.52. The average molecular weight is 230 g/mol. The van der Waals surface area contributed by atoms with Gasteiger partial charge in [0.1, 0.15) is 0 Å². The summed E-state index contributed by atoms with van der Waals surface area (Å²) in [6, 6.07) is 0.626. The van der Waals surface area contributed by atoms with Gasteiger partial charge in [-0.3, -0.25) is 4.79 Å². The zero-order valence-corrected chi connectivity index (χ0v) is 11.1. The van der Waals surface area contributed by atoms with E-state index in [2.05, 4.69) is 22.0 Å². The van der Waals surface area contributed by atoms with E-state index in [4.69, 9.17) is 0 Å². The molecule has 0 atom stereocenters. The van der Waals surface area contributed by atoms with E-state index in [1.165, 1.54) is 20.0 Å². The smallest absolute Gasteiger partial charge is 0.306 e. The van der Waals surface area contributed by atoms with Gasteiger partial charge in [-0.25, -0.2) is 0 Å². The molecule has 0 radical (unpaired) electrons. The van der Waals surface area contributed by atoms with Crippen LogP contribution in [0.5, 0.6) is 0 Å². The molecule has 0 unspecified atom stereocenters. The zero-order chi connectivity index (χ0) is 12.4. The van der Waals surface area contributed by atoms with E-state index in [-0.39, 0.29) is 5.97 Å². The summed E-state index contributed by atoms with van der Waals surface area (Å²) in [5.74, 6) is -0.120. The molecule has 1 aliphatic rings. The molecule has 0 aliphatic carbocycles. The van der Waals surface area contributed by atoms with Gasteiger partial charge in [-0.15, -0.1) is 0 Å². The predicted molar refractivity (Wildman–Crippen MR) is 66.5 cm³/mol. The molecule has 0 saturated carbocycles. The summed E-state index contributed by atoms with van der Waals surface area (Å²) in [4.78, 5) is 13.2. The molecular weight excluding hydrogens is 204 g/mol. The molecule has 0 amide bonds. The SMILES string of the molecule is CC.COC(=O)CCN(C)C1CCNCC1. The van der Waals surface area contributed by atoms with E-state index in [0.717, 1.165) is 19.6 Å². The van der Waals surface area contributed by atoms with Crippen LogP contribution < -0.4 is 5.32 Å². The molecule has 0 bridgehead atoms. The maximum atomic E-state index is 10.9. The third kappa shape index (κ3) is 6.08. The van der Waals surface area contributed by atoms with Crippen LogP contribution in [0, 0.1) is 0 Å². The number of nitrogens with one attached hydrogen (secondary N) is 1. The summed E-state index contributed by atoms with van der Waals surface area (Å²) in [6.45, 7) is 6.98. The number of nitrogens with zero attached hydrogens (tertiary/aromatic N) is 1. The van der Waals surface area contributed by atoms with Crippen molar-refractivity contribution in [1.29, 1.82) is 0 Å². The minimum Gasteiger partial charge on any atom is -0.469 e. The fourth-order valence-corrected chi connectivity index (χ4v) is 1.80. The van der Waals surface area contributed by atoms with Gasteiger partial charge in [-0.2, -0.15) is 0 Å². The maximum absolute atomic E-state index is 10.9. The second-order valence-electron chi connectivity index (χ2n) is 3.79. The first-order chi connectivity index (χ1) is 7.74. The monoisotopic (exact) mass is 230 g/mol. The minimum absolute atomic E-state index is 0.120. The normalized spacial score (nSPS) is 16.6. The van der Waals surface area contributed by atoms with E-state index in [1.54, 1.807) is 0 Å². The van der Waals surface area contributed by atoms with Crippen LogP contribution in [-0.4, -0.2) is 50.7 Å². The maximum Gasteiger partial charge on any atom is 0.306 e. The third-order valence-electron chi connectivity index (χ3n) is 2.83.